The number of hydrogen-bond acceptors (Lipinski definition) is 4. The first-order valence-electron chi connectivity index (χ1n) is 4.10. The summed E-state index contributed by atoms with van der Waals surface area (Å²) < 4.78 is 0. The third kappa shape index (κ3) is 2.60. The molecule has 0 spiro atoms. The van der Waals surface area contributed by atoms with E-state index >= 15 is 0 Å². The number of nitrogens with two attached hydrogens (primary N) is 1. The van der Waals surface area contributed by atoms with E-state index in [1.807, 2.05) is 0 Å². The van der Waals surface area contributed by atoms with Crippen LogP contribution in [0.25, 0.3) is 0 Å². The second kappa shape index (κ2) is 4.32. The van der Waals surface area contributed by atoms with E-state index in [2.05, 4.69) is 5.32 Å². The molecule has 1 aromatic carbocycles. The SMILES string of the molecule is NC(=O)CNC(=O)c1c(O)cccc1O. The molecule has 0 saturated carbocycles. The van der Waals surface area contributed by atoms with Crippen molar-refractivity contribution in [3.8, 4) is 11.5 Å². The van der Waals surface area contributed by atoms with E-state index in [1.165, 1.54) is 18.2 Å². The number of nitrogens with one attached hydrogen (secondary N) is 1. The number of aromatic hydroxyl groups is 2. The molecule has 80 valence electrons. The fourth-order valence-electron chi connectivity index (χ4n) is 1.02. The van der Waals surface area contributed by atoms with Gasteiger partial charge in [0.25, 0.3) is 5.91 Å². The van der Waals surface area contributed by atoms with Crippen LogP contribution in [0.5, 0.6) is 11.5 Å². The number of carbonyl (C=O) groups is 2. The first-order chi connectivity index (χ1) is 7.02. The van der Waals surface area contributed by atoms with E-state index in [4.69, 9.17) is 5.73 Å². The molecule has 0 radical (unpaired) electrons. The van der Waals surface area contributed by atoms with Crippen molar-refractivity contribution in [2.75, 3.05) is 6.54 Å². The fourth-order valence-corrected chi connectivity index (χ4v) is 1.02. The van der Waals surface area contributed by atoms with Gasteiger partial charge >= 0.3 is 0 Å². The number of hydrogen-bond donors (Lipinski definition) is 4. The van der Waals surface area contributed by atoms with E-state index in [0.29, 0.717) is 0 Å². The third-order valence-corrected chi connectivity index (χ3v) is 1.67. The largest absolute Gasteiger partial charge is 0.507 e. The lowest BCUT2D eigenvalue weighted by molar-refractivity contribution is -0.117. The Hall–Kier alpha value is -2.24. The Labute approximate surface area is 85.3 Å². The molecular weight excluding hydrogens is 200 g/mol. The van der Waals surface area contributed by atoms with Gasteiger partial charge in [0.2, 0.25) is 5.91 Å². The van der Waals surface area contributed by atoms with Gasteiger partial charge in [0.15, 0.2) is 0 Å². The maximum atomic E-state index is 11.4. The topological polar surface area (TPSA) is 113 Å². The predicted molar refractivity (Wildman–Crippen MR) is 51.3 cm³/mol. The zero-order valence-corrected chi connectivity index (χ0v) is 7.73. The normalized spacial score (nSPS) is 9.60. The monoisotopic (exact) mass is 210 g/mol. The summed E-state index contributed by atoms with van der Waals surface area (Å²) in [5.41, 5.74) is 4.54. The Balaban J connectivity index is 2.86. The highest BCUT2D eigenvalue weighted by atomic mass is 16.3. The molecule has 0 heterocycles. The highest BCUT2D eigenvalue weighted by Gasteiger charge is 2.15. The Morgan fingerprint density at radius 2 is 1.80 bits per heavy atom. The van der Waals surface area contributed by atoms with Crippen molar-refractivity contribution in [2.45, 2.75) is 0 Å². The smallest absolute Gasteiger partial charge is 0.259 e. The summed E-state index contributed by atoms with van der Waals surface area (Å²) in [6.45, 7) is -0.355. The summed E-state index contributed by atoms with van der Waals surface area (Å²) >= 11 is 0. The summed E-state index contributed by atoms with van der Waals surface area (Å²) in [4.78, 5) is 21.7. The van der Waals surface area contributed by atoms with Crippen molar-refractivity contribution in [3.63, 3.8) is 0 Å². The summed E-state index contributed by atoms with van der Waals surface area (Å²) in [7, 11) is 0. The van der Waals surface area contributed by atoms with Gasteiger partial charge in [0, 0.05) is 0 Å². The molecule has 5 N–H and O–H groups in total. The first-order valence-corrected chi connectivity index (χ1v) is 4.10. The van der Waals surface area contributed by atoms with Crippen molar-refractivity contribution in [3.05, 3.63) is 23.8 Å². The highest BCUT2D eigenvalue weighted by Crippen LogP contribution is 2.25. The summed E-state index contributed by atoms with van der Waals surface area (Å²) in [5.74, 6) is -2.20. The minimum absolute atomic E-state index is 0.279. The zero-order chi connectivity index (χ0) is 11.4. The molecule has 6 nitrogen and oxygen atoms in total. The number of phenolic OH excluding ortho intramolecular Hbond substituents is 2. The van der Waals surface area contributed by atoms with Crippen LogP contribution in [0, 0.1) is 0 Å². The van der Waals surface area contributed by atoms with Gasteiger partial charge < -0.3 is 21.3 Å². The van der Waals surface area contributed by atoms with Crippen LogP contribution in [0.2, 0.25) is 0 Å². The Bertz CT molecular complexity index is 383. The maximum Gasteiger partial charge on any atom is 0.259 e. The number of rotatable bonds is 3. The molecule has 1 aromatic rings. The van der Waals surface area contributed by atoms with E-state index in [9.17, 15) is 19.8 Å². The number of phenols is 2. The lowest BCUT2D eigenvalue weighted by Crippen LogP contribution is -2.33. The summed E-state index contributed by atoms with van der Waals surface area (Å²) in [6.07, 6.45) is 0. The molecule has 0 aliphatic carbocycles. The Morgan fingerprint density at radius 3 is 2.27 bits per heavy atom. The average molecular weight is 210 g/mol. The molecule has 0 atom stereocenters. The van der Waals surface area contributed by atoms with Gasteiger partial charge in [0.1, 0.15) is 17.1 Å². The van der Waals surface area contributed by atoms with Gasteiger partial charge in [-0.1, -0.05) is 6.07 Å². The quantitative estimate of drug-likeness (QED) is 0.529. The van der Waals surface area contributed by atoms with Crippen LogP contribution in [0.1, 0.15) is 10.4 Å². The lowest BCUT2D eigenvalue weighted by atomic mass is 10.1. The number of benzene rings is 1. The molecular formula is C9H10N2O4. The van der Waals surface area contributed by atoms with Crippen LogP contribution in [0.3, 0.4) is 0 Å². The van der Waals surface area contributed by atoms with Crippen LogP contribution in [-0.2, 0) is 4.79 Å². The van der Waals surface area contributed by atoms with Gasteiger partial charge in [-0.3, -0.25) is 9.59 Å². The second-order valence-electron chi connectivity index (χ2n) is 2.82. The van der Waals surface area contributed by atoms with Crippen molar-refractivity contribution in [1.82, 2.24) is 5.32 Å². The summed E-state index contributed by atoms with van der Waals surface area (Å²) in [5, 5.41) is 20.7. The van der Waals surface area contributed by atoms with Crippen LogP contribution in [0.15, 0.2) is 18.2 Å². The molecule has 15 heavy (non-hydrogen) atoms. The van der Waals surface area contributed by atoms with Gasteiger partial charge in [-0.15, -0.1) is 0 Å². The Kier molecular flexibility index (Phi) is 3.12. The van der Waals surface area contributed by atoms with E-state index < -0.39 is 11.8 Å². The molecule has 0 unspecified atom stereocenters. The lowest BCUT2D eigenvalue weighted by Gasteiger charge is -2.06. The van der Waals surface area contributed by atoms with Crippen molar-refractivity contribution in [2.24, 2.45) is 5.73 Å². The fraction of sp³-hybridized carbons (Fsp3) is 0.111. The predicted octanol–water partition coefficient (Wildman–Crippen LogP) is -0.687. The molecule has 1 rings (SSSR count). The molecule has 0 aliphatic heterocycles. The number of primary amides is 1. The second-order valence-corrected chi connectivity index (χ2v) is 2.82. The molecule has 2 amide bonds. The minimum atomic E-state index is -0.760. The molecule has 0 bridgehead atoms. The van der Waals surface area contributed by atoms with Crippen LogP contribution in [0.4, 0.5) is 0 Å². The first kappa shape index (κ1) is 10.8. The molecule has 6 heteroatoms. The van der Waals surface area contributed by atoms with Gasteiger partial charge in [-0.2, -0.15) is 0 Å². The van der Waals surface area contributed by atoms with Crippen molar-refractivity contribution in [1.29, 1.82) is 0 Å². The van der Waals surface area contributed by atoms with Gasteiger partial charge in [-0.25, -0.2) is 0 Å². The van der Waals surface area contributed by atoms with Gasteiger partial charge in [0.05, 0.1) is 6.54 Å². The Morgan fingerprint density at radius 1 is 1.27 bits per heavy atom. The minimum Gasteiger partial charge on any atom is -0.507 e. The molecule has 0 fully saturated rings. The van der Waals surface area contributed by atoms with Crippen LogP contribution in [-0.4, -0.2) is 28.6 Å². The molecule has 0 aliphatic rings. The van der Waals surface area contributed by atoms with Crippen molar-refractivity contribution >= 4 is 11.8 Å². The van der Waals surface area contributed by atoms with E-state index in [-0.39, 0.29) is 23.6 Å². The third-order valence-electron chi connectivity index (χ3n) is 1.67. The van der Waals surface area contributed by atoms with Crippen molar-refractivity contribution < 1.29 is 19.8 Å². The molecule has 0 aromatic heterocycles. The average Bonchev–Trinajstić information content (AvgIpc) is 2.14. The maximum absolute atomic E-state index is 11.4. The van der Waals surface area contributed by atoms with E-state index in [0.717, 1.165) is 0 Å². The number of carbonyl (C=O) groups excluding carboxylic acids is 2. The van der Waals surface area contributed by atoms with Crippen LogP contribution < -0.4 is 11.1 Å². The van der Waals surface area contributed by atoms with Gasteiger partial charge in [-0.05, 0) is 12.1 Å². The summed E-state index contributed by atoms with van der Waals surface area (Å²) in [6, 6.07) is 3.88. The van der Waals surface area contributed by atoms with Crippen LogP contribution >= 0.6 is 0 Å². The number of amides is 2. The molecule has 0 saturated heterocycles. The standard InChI is InChI=1S/C9H10N2O4/c10-7(14)4-11-9(15)8-5(12)2-1-3-6(8)13/h1-3,12-13H,4H2,(H2,10,14)(H,11,15). The van der Waals surface area contributed by atoms with E-state index in [1.54, 1.807) is 0 Å². The zero-order valence-electron chi connectivity index (χ0n) is 7.73. The highest BCUT2D eigenvalue weighted by molar-refractivity contribution is 6.00.